The Morgan fingerprint density at radius 2 is 1.62 bits per heavy atom. The fourth-order valence-corrected chi connectivity index (χ4v) is 9.70. The van der Waals surface area contributed by atoms with Crippen molar-refractivity contribution in [2.45, 2.75) is 141 Å². The normalized spacial score (nSPS) is 23.3. The first-order chi connectivity index (χ1) is 29.8. The van der Waals surface area contributed by atoms with E-state index >= 15 is 0 Å². The quantitative estimate of drug-likeness (QED) is 0.0371. The zero-order valence-corrected chi connectivity index (χ0v) is 37.1. The summed E-state index contributed by atoms with van der Waals surface area (Å²) in [5.41, 5.74) is 3.16. The molecule has 3 aliphatic rings. The van der Waals surface area contributed by atoms with Crippen LogP contribution in [0.3, 0.4) is 0 Å². The van der Waals surface area contributed by atoms with E-state index in [2.05, 4.69) is 19.6 Å². The molecule has 2 aromatic carbocycles. The number of unbranched alkanes of at least 4 members (excludes halogenated alkanes) is 11. The monoisotopic (exact) mass is 845 g/mol. The number of amides is 1. The summed E-state index contributed by atoms with van der Waals surface area (Å²) in [5, 5.41) is 24.5. The molecule has 6 atom stereocenters. The van der Waals surface area contributed by atoms with Gasteiger partial charge in [-0.1, -0.05) is 107 Å². The molecule has 0 aromatic heterocycles. The third-order valence-electron chi connectivity index (χ3n) is 12.7. The largest absolute Gasteiger partial charge is 0.459 e. The van der Waals surface area contributed by atoms with Crippen molar-refractivity contribution in [3.63, 3.8) is 0 Å². The summed E-state index contributed by atoms with van der Waals surface area (Å²) in [5.74, 6) is -0.0522. The smallest absolute Gasteiger partial charge is 0.409 e. The maximum Gasteiger partial charge on any atom is 0.409 e. The van der Waals surface area contributed by atoms with Crippen LogP contribution in [0.5, 0.6) is 17.2 Å². The standard InChI is InChI=1S/C50H72N2O9/c1-5-8-9-10-11-12-13-14-15-20-31-57-49(56)52(4)46-35-44(51-59-7-3)42-33-38(23-16-18-28-53)41(25-17-19-29-54)47-43-34-40(60-39-24-21-22-37(32-39)36-55)26-27-45(43)61-50(46,48(42)47)58-30-6-2/h6,21-22,24,26-27,32-34,36,38,41,46-48,53-54H,2,5,7-20,23,25,28-31,35H2,1,3-4H3. The molecule has 0 spiro atoms. The maximum atomic E-state index is 14.1. The summed E-state index contributed by atoms with van der Waals surface area (Å²) in [7, 11) is 1.76. The Morgan fingerprint density at radius 1 is 0.918 bits per heavy atom. The lowest BCUT2D eigenvalue weighted by Gasteiger charge is -2.59. The molecule has 336 valence electrons. The van der Waals surface area contributed by atoms with Gasteiger partial charge in [0, 0.05) is 43.7 Å². The third-order valence-corrected chi connectivity index (χ3v) is 12.7. The Morgan fingerprint density at radius 3 is 2.31 bits per heavy atom. The summed E-state index contributed by atoms with van der Waals surface area (Å²) in [4.78, 5) is 33.2. The molecule has 1 amide bonds. The zero-order chi connectivity index (χ0) is 43.5. The zero-order valence-electron chi connectivity index (χ0n) is 37.1. The number of carbonyl (C=O) groups is 2. The van der Waals surface area contributed by atoms with Crippen LogP contribution in [-0.4, -0.2) is 85.1 Å². The number of hydrogen-bond donors (Lipinski definition) is 2. The van der Waals surface area contributed by atoms with Crippen molar-refractivity contribution >= 4 is 18.1 Å². The van der Waals surface area contributed by atoms with Crippen LogP contribution in [0.2, 0.25) is 0 Å². The number of nitrogens with zero attached hydrogens (tertiary/aromatic N) is 2. The van der Waals surface area contributed by atoms with Gasteiger partial charge in [0.25, 0.3) is 0 Å². The van der Waals surface area contributed by atoms with Crippen LogP contribution in [0, 0.1) is 17.8 Å². The van der Waals surface area contributed by atoms with Crippen molar-refractivity contribution in [3.8, 4) is 17.2 Å². The molecule has 2 aromatic rings. The molecule has 0 bridgehead atoms. The van der Waals surface area contributed by atoms with Crippen LogP contribution >= 0.6 is 0 Å². The number of fused-ring (bicyclic) bond motifs is 2. The van der Waals surface area contributed by atoms with Crippen molar-refractivity contribution in [2.24, 2.45) is 22.9 Å². The molecule has 1 fully saturated rings. The highest BCUT2D eigenvalue weighted by atomic mass is 16.7. The Hall–Kier alpha value is -4.19. The summed E-state index contributed by atoms with van der Waals surface area (Å²) in [6, 6.07) is 12.2. The van der Waals surface area contributed by atoms with Gasteiger partial charge in [-0.25, -0.2) is 4.79 Å². The second-order valence-electron chi connectivity index (χ2n) is 16.9. The minimum absolute atomic E-state index is 0.0719. The number of oxime groups is 1. The van der Waals surface area contributed by atoms with Crippen LogP contribution in [0.25, 0.3) is 0 Å². The van der Waals surface area contributed by atoms with E-state index in [1.807, 2.05) is 31.2 Å². The van der Waals surface area contributed by atoms with Crippen molar-refractivity contribution in [3.05, 3.63) is 77.9 Å². The van der Waals surface area contributed by atoms with Crippen LogP contribution < -0.4 is 9.47 Å². The van der Waals surface area contributed by atoms with Crippen molar-refractivity contribution in [1.29, 1.82) is 0 Å². The number of aliphatic hydroxyl groups is 2. The number of aliphatic hydroxyl groups excluding tert-OH is 2. The number of rotatable bonds is 28. The maximum absolute atomic E-state index is 14.1. The first-order valence-electron chi connectivity index (χ1n) is 23.2. The molecule has 11 heteroatoms. The van der Waals surface area contributed by atoms with E-state index in [-0.39, 0.29) is 37.6 Å². The number of aldehydes is 1. The van der Waals surface area contributed by atoms with Gasteiger partial charge in [0.05, 0.1) is 24.8 Å². The van der Waals surface area contributed by atoms with Gasteiger partial charge in [-0.3, -0.25) is 4.79 Å². The molecular formula is C50H72N2O9. The minimum Gasteiger partial charge on any atom is -0.459 e. The minimum atomic E-state index is -1.36. The molecule has 61 heavy (non-hydrogen) atoms. The molecule has 0 saturated heterocycles. The van der Waals surface area contributed by atoms with Gasteiger partial charge in [-0.15, -0.1) is 6.58 Å². The topological polar surface area (TPSA) is 136 Å². The molecule has 2 N–H and O–H groups in total. The molecule has 1 heterocycles. The summed E-state index contributed by atoms with van der Waals surface area (Å²) in [6.07, 6.45) is 21.2. The Balaban J connectivity index is 1.53. The molecule has 0 radical (unpaired) electrons. The van der Waals surface area contributed by atoms with Gasteiger partial charge in [-0.05, 0) is 86.8 Å². The molecular weight excluding hydrogens is 773 g/mol. The second kappa shape index (κ2) is 25.1. The number of likely N-dealkylation sites (N-methyl/N-ethyl adjacent to an activating group) is 1. The van der Waals surface area contributed by atoms with E-state index in [0.717, 1.165) is 68.1 Å². The Labute approximate surface area is 364 Å². The van der Waals surface area contributed by atoms with Crippen LogP contribution in [0.4, 0.5) is 4.79 Å². The van der Waals surface area contributed by atoms with Gasteiger partial charge in [0.1, 0.15) is 36.2 Å². The number of ether oxygens (including phenoxy) is 4. The van der Waals surface area contributed by atoms with Crippen molar-refractivity contribution in [1.82, 2.24) is 4.90 Å². The molecule has 11 nitrogen and oxygen atoms in total. The predicted octanol–water partition coefficient (Wildman–Crippen LogP) is 10.9. The summed E-state index contributed by atoms with van der Waals surface area (Å²) in [6.45, 7) is 9.24. The lowest BCUT2D eigenvalue weighted by molar-refractivity contribution is -0.253. The second-order valence-corrected chi connectivity index (χ2v) is 16.9. The number of carbonyl (C=O) groups excluding carboxylic acids is 2. The fraction of sp³-hybridized carbons (Fsp3) is 0.620. The lowest BCUT2D eigenvalue weighted by Crippen LogP contribution is -2.69. The van der Waals surface area contributed by atoms with Gasteiger partial charge in [0.2, 0.25) is 5.79 Å². The van der Waals surface area contributed by atoms with Gasteiger partial charge in [0.15, 0.2) is 0 Å². The highest BCUT2D eigenvalue weighted by Crippen LogP contribution is 2.62. The number of allylic oxidation sites excluding steroid dienone is 1. The average molecular weight is 845 g/mol. The Bertz CT molecular complexity index is 1740. The van der Waals surface area contributed by atoms with E-state index in [1.54, 1.807) is 36.2 Å². The molecule has 1 aliphatic heterocycles. The lowest BCUT2D eigenvalue weighted by atomic mass is 9.55. The molecule has 1 saturated carbocycles. The highest BCUT2D eigenvalue weighted by Gasteiger charge is 2.65. The van der Waals surface area contributed by atoms with E-state index in [1.165, 1.54) is 44.9 Å². The SMILES string of the molecule is C=CCOC12Oc3ccc(Oc4cccc(C=O)c4)cc3C3C(CCCCO)C(CCCCO)C=C(C(=NOCC)CC1N(C)C(=O)OCCCCCCCCCCCC)C32. The van der Waals surface area contributed by atoms with Crippen LogP contribution in [0.1, 0.15) is 145 Å². The highest BCUT2D eigenvalue weighted by molar-refractivity contribution is 6.03. The third kappa shape index (κ3) is 12.5. The average Bonchev–Trinajstić information content (AvgIpc) is 3.27. The van der Waals surface area contributed by atoms with Gasteiger partial charge in [-0.2, -0.15) is 0 Å². The van der Waals surface area contributed by atoms with E-state index in [0.29, 0.717) is 55.3 Å². The van der Waals surface area contributed by atoms with Gasteiger partial charge < -0.3 is 38.9 Å². The van der Waals surface area contributed by atoms with Crippen LogP contribution in [-0.2, 0) is 14.3 Å². The number of benzene rings is 2. The van der Waals surface area contributed by atoms with E-state index < -0.39 is 23.8 Å². The first kappa shape index (κ1) is 47.9. The van der Waals surface area contributed by atoms with Gasteiger partial charge >= 0.3 is 6.09 Å². The predicted molar refractivity (Wildman–Crippen MR) is 239 cm³/mol. The van der Waals surface area contributed by atoms with Crippen LogP contribution in [0.15, 0.2) is 71.9 Å². The molecule has 6 unspecified atom stereocenters. The summed E-state index contributed by atoms with van der Waals surface area (Å²) < 4.78 is 26.6. The van der Waals surface area contributed by atoms with E-state index in [9.17, 15) is 19.8 Å². The van der Waals surface area contributed by atoms with Crippen molar-refractivity contribution in [2.75, 3.05) is 40.1 Å². The van der Waals surface area contributed by atoms with Crippen molar-refractivity contribution < 1.29 is 43.6 Å². The fourth-order valence-electron chi connectivity index (χ4n) is 9.70. The summed E-state index contributed by atoms with van der Waals surface area (Å²) >= 11 is 0. The molecule has 2 aliphatic carbocycles. The van der Waals surface area contributed by atoms with E-state index in [4.69, 9.17) is 28.9 Å². The first-order valence-corrected chi connectivity index (χ1v) is 23.2. The Kier molecular flexibility index (Phi) is 19.7. The number of hydrogen-bond acceptors (Lipinski definition) is 10. The molecule has 5 rings (SSSR count).